The Balaban J connectivity index is 1.66. The van der Waals surface area contributed by atoms with Gasteiger partial charge in [-0.05, 0) is 62.4 Å². The van der Waals surface area contributed by atoms with Gasteiger partial charge >= 0.3 is 0 Å². The van der Waals surface area contributed by atoms with Crippen LogP contribution in [0.4, 0.5) is 5.69 Å². The zero-order chi connectivity index (χ0) is 23.8. The lowest BCUT2D eigenvalue weighted by atomic mass is 10.1. The molecule has 0 aliphatic rings. The number of hydrogen-bond donors (Lipinski definition) is 1. The van der Waals surface area contributed by atoms with Gasteiger partial charge in [0.05, 0.1) is 6.10 Å². The Morgan fingerprint density at radius 2 is 1.82 bits per heavy atom. The highest BCUT2D eigenvalue weighted by atomic mass is 35.5. The monoisotopic (exact) mass is 480 g/mol. The van der Waals surface area contributed by atoms with Gasteiger partial charge in [-0.15, -0.1) is 0 Å². The predicted molar refractivity (Wildman–Crippen MR) is 132 cm³/mol. The summed E-state index contributed by atoms with van der Waals surface area (Å²) in [5.74, 6) is 0.698. The summed E-state index contributed by atoms with van der Waals surface area (Å²) in [5, 5.41) is 13.3. The first kappa shape index (κ1) is 24.2. The lowest BCUT2D eigenvalue weighted by Crippen LogP contribution is -2.13. The summed E-state index contributed by atoms with van der Waals surface area (Å²) < 4.78 is 11.5. The summed E-state index contributed by atoms with van der Waals surface area (Å²) in [7, 11) is 0. The van der Waals surface area contributed by atoms with E-state index in [1.54, 1.807) is 54.6 Å². The Kier molecular flexibility index (Phi) is 8.37. The van der Waals surface area contributed by atoms with Crippen LogP contribution >= 0.6 is 23.2 Å². The van der Waals surface area contributed by atoms with Crippen molar-refractivity contribution in [3.63, 3.8) is 0 Å². The number of nitrogens with zero attached hydrogens (tertiary/aromatic N) is 1. The van der Waals surface area contributed by atoms with Crippen LogP contribution in [0.25, 0.3) is 6.08 Å². The van der Waals surface area contributed by atoms with E-state index in [0.29, 0.717) is 32.8 Å². The normalized spacial score (nSPS) is 11.1. The number of hydrogen-bond acceptors (Lipinski definition) is 4. The molecule has 0 bridgehead atoms. The zero-order valence-corrected chi connectivity index (χ0v) is 19.7. The summed E-state index contributed by atoms with van der Waals surface area (Å²) in [4.78, 5) is 12.6. The van der Waals surface area contributed by atoms with Crippen LogP contribution in [0.5, 0.6) is 11.5 Å². The van der Waals surface area contributed by atoms with Gasteiger partial charge in [-0.25, -0.2) is 0 Å². The average molecular weight is 481 g/mol. The molecule has 0 saturated heterocycles. The van der Waals surface area contributed by atoms with Gasteiger partial charge in [0, 0.05) is 26.9 Å². The standard InChI is InChI=1S/C26H22Cl2N2O3/c1-17(2)33-25-6-4-3-5-18(25)13-20(15-29)26(31)30-22-9-11-23(12-10-22)32-16-19-7-8-21(27)14-24(19)28/h3-14,17H,16H2,1-2H3,(H,30,31)/b20-13+. The number of para-hydroxylation sites is 1. The molecule has 0 atom stereocenters. The fourth-order valence-electron chi connectivity index (χ4n) is 2.90. The molecule has 1 N–H and O–H groups in total. The molecule has 0 unspecified atom stereocenters. The SMILES string of the molecule is CC(C)Oc1ccccc1/C=C(\C#N)C(=O)Nc1ccc(OCc2ccc(Cl)cc2Cl)cc1. The Morgan fingerprint density at radius 1 is 1.09 bits per heavy atom. The van der Waals surface area contributed by atoms with E-state index in [0.717, 1.165) is 5.56 Å². The second kappa shape index (κ2) is 11.4. The molecule has 33 heavy (non-hydrogen) atoms. The minimum Gasteiger partial charge on any atom is -0.490 e. The highest BCUT2D eigenvalue weighted by Gasteiger charge is 2.12. The fourth-order valence-corrected chi connectivity index (χ4v) is 3.36. The van der Waals surface area contributed by atoms with Gasteiger partial charge in [0.25, 0.3) is 5.91 Å². The molecule has 0 radical (unpaired) electrons. The highest BCUT2D eigenvalue weighted by Crippen LogP contribution is 2.25. The maximum atomic E-state index is 12.6. The van der Waals surface area contributed by atoms with Crippen molar-refractivity contribution in [2.75, 3.05) is 5.32 Å². The number of carbonyl (C=O) groups is 1. The van der Waals surface area contributed by atoms with Crippen LogP contribution in [0.2, 0.25) is 10.0 Å². The molecule has 0 fully saturated rings. The first-order chi connectivity index (χ1) is 15.9. The fraction of sp³-hybridized carbons (Fsp3) is 0.154. The summed E-state index contributed by atoms with van der Waals surface area (Å²) in [6.07, 6.45) is 1.48. The third kappa shape index (κ3) is 7.01. The smallest absolute Gasteiger partial charge is 0.266 e. The number of nitriles is 1. The minimum absolute atomic E-state index is 0.0321. The van der Waals surface area contributed by atoms with Crippen molar-refractivity contribution >= 4 is 40.9 Å². The minimum atomic E-state index is -0.515. The molecule has 1 amide bonds. The second-order valence-corrected chi connectivity index (χ2v) is 8.22. The van der Waals surface area contributed by atoms with Gasteiger partial charge in [-0.3, -0.25) is 4.79 Å². The lowest BCUT2D eigenvalue weighted by Gasteiger charge is -2.12. The predicted octanol–water partition coefficient (Wildman–Crippen LogP) is 6.91. The Bertz CT molecular complexity index is 1200. The number of carbonyl (C=O) groups excluding carboxylic acids is 1. The summed E-state index contributed by atoms with van der Waals surface area (Å²) in [5.41, 5.74) is 1.96. The van der Waals surface area contributed by atoms with Gasteiger partial charge in [0.15, 0.2) is 0 Å². The van der Waals surface area contributed by atoms with E-state index in [-0.39, 0.29) is 18.3 Å². The Hall–Kier alpha value is -3.46. The van der Waals surface area contributed by atoms with Crippen LogP contribution in [-0.2, 0) is 11.4 Å². The first-order valence-electron chi connectivity index (χ1n) is 10.2. The van der Waals surface area contributed by atoms with Crippen LogP contribution in [-0.4, -0.2) is 12.0 Å². The molecule has 3 aromatic rings. The Morgan fingerprint density at radius 3 is 2.48 bits per heavy atom. The van der Waals surface area contributed by atoms with Gasteiger partial charge < -0.3 is 14.8 Å². The van der Waals surface area contributed by atoms with Crippen molar-refractivity contribution in [1.82, 2.24) is 0 Å². The third-order valence-electron chi connectivity index (χ3n) is 4.47. The van der Waals surface area contributed by atoms with Crippen molar-refractivity contribution in [3.8, 4) is 17.6 Å². The molecule has 0 aromatic heterocycles. The number of anilines is 1. The number of halogens is 2. The number of ether oxygens (including phenoxy) is 2. The molecule has 0 spiro atoms. The number of amides is 1. The van der Waals surface area contributed by atoms with E-state index in [9.17, 15) is 10.1 Å². The van der Waals surface area contributed by atoms with Gasteiger partial charge in [-0.1, -0.05) is 47.5 Å². The van der Waals surface area contributed by atoms with Gasteiger partial charge in [0.2, 0.25) is 0 Å². The zero-order valence-electron chi connectivity index (χ0n) is 18.1. The largest absolute Gasteiger partial charge is 0.490 e. The highest BCUT2D eigenvalue weighted by molar-refractivity contribution is 6.35. The summed E-state index contributed by atoms with van der Waals surface area (Å²) >= 11 is 12.1. The molecule has 0 aliphatic heterocycles. The van der Waals surface area contributed by atoms with Crippen LogP contribution in [0.15, 0.2) is 72.3 Å². The van der Waals surface area contributed by atoms with Gasteiger partial charge in [-0.2, -0.15) is 5.26 Å². The molecule has 0 aliphatic carbocycles. The maximum absolute atomic E-state index is 12.6. The van der Waals surface area contributed by atoms with Crippen LogP contribution in [0.1, 0.15) is 25.0 Å². The lowest BCUT2D eigenvalue weighted by molar-refractivity contribution is -0.112. The number of nitrogens with one attached hydrogen (secondary N) is 1. The molecule has 3 rings (SSSR count). The molecule has 3 aromatic carbocycles. The third-order valence-corrected chi connectivity index (χ3v) is 5.06. The van der Waals surface area contributed by atoms with E-state index in [2.05, 4.69) is 5.32 Å². The van der Waals surface area contributed by atoms with Crippen LogP contribution < -0.4 is 14.8 Å². The average Bonchev–Trinajstić information content (AvgIpc) is 2.78. The van der Waals surface area contributed by atoms with Gasteiger partial charge in [0.1, 0.15) is 29.7 Å². The maximum Gasteiger partial charge on any atom is 0.266 e. The van der Waals surface area contributed by atoms with Crippen molar-refractivity contribution in [2.24, 2.45) is 0 Å². The molecular weight excluding hydrogens is 459 g/mol. The summed E-state index contributed by atoms with van der Waals surface area (Å²) in [6, 6.07) is 21.3. The van der Waals surface area contributed by atoms with Crippen LogP contribution in [0.3, 0.4) is 0 Å². The Labute approximate surface area is 203 Å². The van der Waals surface area contributed by atoms with Crippen molar-refractivity contribution in [1.29, 1.82) is 5.26 Å². The van der Waals surface area contributed by atoms with E-state index in [4.69, 9.17) is 32.7 Å². The van der Waals surface area contributed by atoms with Crippen molar-refractivity contribution in [2.45, 2.75) is 26.6 Å². The molecule has 0 heterocycles. The van der Waals surface area contributed by atoms with E-state index < -0.39 is 5.91 Å². The number of benzene rings is 3. The molecular formula is C26H22Cl2N2O3. The summed E-state index contributed by atoms with van der Waals surface area (Å²) in [6.45, 7) is 4.10. The van der Waals surface area contributed by atoms with Crippen molar-refractivity contribution < 1.29 is 14.3 Å². The van der Waals surface area contributed by atoms with E-state index in [1.165, 1.54) is 6.08 Å². The molecule has 0 saturated carbocycles. The van der Waals surface area contributed by atoms with E-state index >= 15 is 0 Å². The quantitative estimate of drug-likeness (QED) is 0.281. The first-order valence-corrected chi connectivity index (χ1v) is 11.0. The molecule has 5 nitrogen and oxygen atoms in total. The van der Waals surface area contributed by atoms with Crippen molar-refractivity contribution in [3.05, 3.63) is 93.5 Å². The molecule has 168 valence electrons. The number of rotatable bonds is 8. The second-order valence-electron chi connectivity index (χ2n) is 7.38. The van der Waals surface area contributed by atoms with Crippen LogP contribution in [0, 0.1) is 11.3 Å². The topological polar surface area (TPSA) is 71.3 Å². The molecule has 7 heteroatoms. The van der Waals surface area contributed by atoms with E-state index in [1.807, 2.05) is 32.0 Å².